The number of carbonyl (C=O) groups excluding carboxylic acids is 1. The van der Waals surface area contributed by atoms with E-state index < -0.39 is 0 Å². The number of carbonyl (C=O) groups is 1. The van der Waals surface area contributed by atoms with Gasteiger partial charge in [0.15, 0.2) is 0 Å². The van der Waals surface area contributed by atoms with E-state index in [0.717, 1.165) is 25.9 Å². The topological polar surface area (TPSA) is 26.8 Å². The molecule has 0 aliphatic heterocycles. The summed E-state index contributed by atoms with van der Waals surface area (Å²) in [6, 6.07) is 5.93. The van der Waals surface area contributed by atoms with E-state index in [2.05, 4.69) is 9.80 Å². The van der Waals surface area contributed by atoms with Gasteiger partial charge >= 0.3 is 0 Å². The van der Waals surface area contributed by atoms with Crippen molar-refractivity contribution < 1.29 is 9.18 Å². The van der Waals surface area contributed by atoms with Crippen molar-refractivity contribution in [2.75, 3.05) is 54.4 Å². The number of hydrogen-bond acceptors (Lipinski definition) is 3. The van der Waals surface area contributed by atoms with Gasteiger partial charge in [0, 0.05) is 18.7 Å². The van der Waals surface area contributed by atoms with Crippen LogP contribution in [0.4, 0.5) is 4.39 Å². The average molecular weight is 309 g/mol. The lowest BCUT2D eigenvalue weighted by Crippen LogP contribution is -2.35. The molecular weight excluding hydrogens is 281 g/mol. The third-order valence-electron chi connectivity index (χ3n) is 3.43. The van der Waals surface area contributed by atoms with E-state index in [4.69, 9.17) is 0 Å². The van der Waals surface area contributed by atoms with Crippen molar-refractivity contribution in [3.63, 3.8) is 0 Å². The average Bonchev–Trinajstić information content (AvgIpc) is 2.44. The first kappa shape index (κ1) is 18.6. The zero-order chi connectivity index (χ0) is 16.5. The summed E-state index contributed by atoms with van der Waals surface area (Å²) in [5, 5.41) is 0. The second-order valence-corrected chi connectivity index (χ2v) is 6.12. The minimum atomic E-state index is -0.368. The minimum absolute atomic E-state index is 0.0861. The quantitative estimate of drug-likeness (QED) is 0.699. The second-order valence-electron chi connectivity index (χ2n) is 6.12. The van der Waals surface area contributed by atoms with Crippen LogP contribution in [0.25, 0.3) is 0 Å². The van der Waals surface area contributed by atoms with E-state index in [0.29, 0.717) is 18.7 Å². The van der Waals surface area contributed by atoms with Gasteiger partial charge in [-0.25, -0.2) is 4.39 Å². The highest BCUT2D eigenvalue weighted by Crippen LogP contribution is 2.09. The maximum absolute atomic E-state index is 13.3. The van der Waals surface area contributed by atoms with Gasteiger partial charge in [-0.15, -0.1) is 0 Å². The summed E-state index contributed by atoms with van der Waals surface area (Å²) in [5.74, 6) is -0.454. The highest BCUT2D eigenvalue weighted by Gasteiger charge is 2.16. The smallest absolute Gasteiger partial charge is 0.253 e. The van der Waals surface area contributed by atoms with Crippen LogP contribution in [0.5, 0.6) is 0 Å². The highest BCUT2D eigenvalue weighted by molar-refractivity contribution is 5.94. The summed E-state index contributed by atoms with van der Waals surface area (Å²) < 4.78 is 13.3. The number of amides is 1. The summed E-state index contributed by atoms with van der Waals surface area (Å²) in [6.07, 6.45) is 1.83. The van der Waals surface area contributed by atoms with Gasteiger partial charge in [-0.05, 0) is 72.3 Å². The molecule has 4 nitrogen and oxygen atoms in total. The van der Waals surface area contributed by atoms with Crippen molar-refractivity contribution in [2.45, 2.75) is 12.8 Å². The minimum Gasteiger partial charge on any atom is -0.339 e. The molecule has 22 heavy (non-hydrogen) atoms. The molecule has 0 fully saturated rings. The third kappa shape index (κ3) is 7.00. The van der Waals surface area contributed by atoms with E-state index in [1.54, 1.807) is 12.1 Å². The van der Waals surface area contributed by atoms with Crippen LogP contribution in [0.3, 0.4) is 0 Å². The molecule has 1 aromatic carbocycles. The van der Waals surface area contributed by atoms with Crippen LogP contribution in [0, 0.1) is 5.82 Å². The Labute approximate surface area is 133 Å². The van der Waals surface area contributed by atoms with Crippen LogP contribution in [0.15, 0.2) is 24.3 Å². The van der Waals surface area contributed by atoms with E-state index in [1.807, 2.05) is 33.1 Å². The molecule has 0 aliphatic carbocycles. The molecule has 0 aliphatic rings. The molecule has 1 aromatic rings. The Kier molecular flexibility index (Phi) is 8.06. The molecule has 0 N–H and O–H groups in total. The van der Waals surface area contributed by atoms with Gasteiger partial charge in [0.25, 0.3) is 5.91 Å². The van der Waals surface area contributed by atoms with Crippen molar-refractivity contribution in [1.82, 2.24) is 14.7 Å². The fourth-order valence-corrected chi connectivity index (χ4v) is 2.27. The van der Waals surface area contributed by atoms with Gasteiger partial charge in [0.2, 0.25) is 0 Å². The van der Waals surface area contributed by atoms with Gasteiger partial charge in [-0.1, -0.05) is 6.07 Å². The van der Waals surface area contributed by atoms with E-state index >= 15 is 0 Å². The first-order valence-electron chi connectivity index (χ1n) is 7.74. The van der Waals surface area contributed by atoms with Gasteiger partial charge in [0.1, 0.15) is 5.82 Å². The molecule has 1 amide bonds. The summed E-state index contributed by atoms with van der Waals surface area (Å²) in [6.45, 7) is 3.25. The van der Waals surface area contributed by atoms with Gasteiger partial charge in [-0.3, -0.25) is 4.79 Å². The largest absolute Gasteiger partial charge is 0.339 e. The molecule has 0 saturated carbocycles. The standard InChI is InChI=1S/C17H28FN3O/c1-19(2)10-6-12-21(13-7-11-20(3)4)17(22)15-8-5-9-16(18)14-15/h5,8-9,14H,6-7,10-13H2,1-4H3. The Morgan fingerprint density at radius 2 is 1.50 bits per heavy atom. The Morgan fingerprint density at radius 1 is 0.955 bits per heavy atom. The fraction of sp³-hybridized carbons (Fsp3) is 0.588. The number of hydrogen-bond donors (Lipinski definition) is 0. The molecule has 124 valence electrons. The van der Waals surface area contributed by atoms with Crippen LogP contribution in [-0.2, 0) is 0 Å². The number of halogens is 1. The van der Waals surface area contributed by atoms with E-state index in [9.17, 15) is 9.18 Å². The molecular formula is C17H28FN3O. The predicted molar refractivity (Wildman–Crippen MR) is 88.6 cm³/mol. The predicted octanol–water partition coefficient (Wildman–Crippen LogP) is 2.17. The summed E-state index contributed by atoms with van der Waals surface area (Å²) in [7, 11) is 8.07. The zero-order valence-corrected chi connectivity index (χ0v) is 14.2. The molecule has 0 saturated heterocycles. The molecule has 0 atom stereocenters. The molecule has 0 bridgehead atoms. The van der Waals surface area contributed by atoms with Crippen LogP contribution in [0.1, 0.15) is 23.2 Å². The Bertz CT molecular complexity index is 449. The van der Waals surface area contributed by atoms with Crippen LogP contribution in [0.2, 0.25) is 0 Å². The normalized spacial score (nSPS) is 11.2. The van der Waals surface area contributed by atoms with Crippen LogP contribution < -0.4 is 0 Å². The summed E-state index contributed by atoms with van der Waals surface area (Å²) in [5.41, 5.74) is 0.426. The third-order valence-corrected chi connectivity index (χ3v) is 3.43. The Morgan fingerprint density at radius 3 is 1.95 bits per heavy atom. The molecule has 5 heteroatoms. The van der Waals surface area contributed by atoms with Crippen molar-refractivity contribution in [3.05, 3.63) is 35.6 Å². The Hall–Kier alpha value is -1.46. The monoisotopic (exact) mass is 309 g/mol. The van der Waals surface area contributed by atoms with Crippen molar-refractivity contribution in [3.8, 4) is 0 Å². The maximum atomic E-state index is 13.3. The summed E-state index contributed by atoms with van der Waals surface area (Å²) in [4.78, 5) is 18.6. The Balaban J connectivity index is 2.67. The van der Waals surface area contributed by atoms with E-state index in [1.165, 1.54) is 12.1 Å². The van der Waals surface area contributed by atoms with E-state index in [-0.39, 0.29) is 11.7 Å². The lowest BCUT2D eigenvalue weighted by Gasteiger charge is -2.24. The van der Waals surface area contributed by atoms with Gasteiger partial charge in [0.05, 0.1) is 0 Å². The fourth-order valence-electron chi connectivity index (χ4n) is 2.27. The van der Waals surface area contributed by atoms with Gasteiger partial charge < -0.3 is 14.7 Å². The number of rotatable bonds is 9. The van der Waals surface area contributed by atoms with Crippen molar-refractivity contribution in [2.24, 2.45) is 0 Å². The van der Waals surface area contributed by atoms with Crippen LogP contribution in [-0.4, -0.2) is 75.0 Å². The SMILES string of the molecule is CN(C)CCCN(CCCN(C)C)C(=O)c1cccc(F)c1. The molecule has 0 spiro atoms. The number of nitrogens with zero attached hydrogens (tertiary/aromatic N) is 3. The first-order valence-corrected chi connectivity index (χ1v) is 7.74. The molecule has 0 radical (unpaired) electrons. The first-order chi connectivity index (χ1) is 10.4. The molecule has 0 aromatic heterocycles. The van der Waals surface area contributed by atoms with Crippen molar-refractivity contribution >= 4 is 5.91 Å². The number of benzene rings is 1. The zero-order valence-electron chi connectivity index (χ0n) is 14.2. The molecule has 1 rings (SSSR count). The summed E-state index contributed by atoms with van der Waals surface area (Å²) >= 11 is 0. The molecule has 0 heterocycles. The second kappa shape index (κ2) is 9.54. The lowest BCUT2D eigenvalue weighted by atomic mass is 10.1. The van der Waals surface area contributed by atoms with Gasteiger partial charge in [-0.2, -0.15) is 0 Å². The van der Waals surface area contributed by atoms with Crippen molar-refractivity contribution in [1.29, 1.82) is 0 Å². The van der Waals surface area contributed by atoms with Crippen LogP contribution >= 0.6 is 0 Å². The molecule has 0 unspecified atom stereocenters. The highest BCUT2D eigenvalue weighted by atomic mass is 19.1. The maximum Gasteiger partial charge on any atom is 0.253 e. The lowest BCUT2D eigenvalue weighted by molar-refractivity contribution is 0.0744.